The van der Waals surface area contributed by atoms with E-state index in [0.29, 0.717) is 23.6 Å². The summed E-state index contributed by atoms with van der Waals surface area (Å²) in [4.78, 5) is 13.7. The van der Waals surface area contributed by atoms with Gasteiger partial charge in [0.15, 0.2) is 5.75 Å². The molecular formula is C19H24N4O2. The number of methoxy groups -OCH3 is 2. The summed E-state index contributed by atoms with van der Waals surface area (Å²) in [6.45, 7) is 3.10. The van der Waals surface area contributed by atoms with Crippen molar-refractivity contribution in [1.29, 1.82) is 0 Å². The lowest BCUT2D eigenvalue weighted by Gasteiger charge is -2.27. The summed E-state index contributed by atoms with van der Waals surface area (Å²) in [7, 11) is 5.56. The van der Waals surface area contributed by atoms with Crippen LogP contribution in [-0.4, -0.2) is 55.8 Å². The molecule has 0 amide bonds. The number of nitrogens with zero attached hydrogens (tertiary/aromatic N) is 4. The van der Waals surface area contributed by atoms with Gasteiger partial charge in [0.05, 0.1) is 26.6 Å². The zero-order chi connectivity index (χ0) is 17.4. The van der Waals surface area contributed by atoms with E-state index in [9.17, 15) is 0 Å². The van der Waals surface area contributed by atoms with Crippen molar-refractivity contribution in [2.75, 3.05) is 45.8 Å². The topological polar surface area (TPSA) is 50.7 Å². The zero-order valence-electron chi connectivity index (χ0n) is 14.9. The van der Waals surface area contributed by atoms with E-state index in [-0.39, 0.29) is 0 Å². The highest BCUT2D eigenvalue weighted by Gasteiger charge is 2.46. The third-order valence-corrected chi connectivity index (χ3v) is 5.48. The second-order valence-corrected chi connectivity index (χ2v) is 6.91. The smallest absolute Gasteiger partial charge is 0.225 e. The van der Waals surface area contributed by atoms with E-state index in [0.717, 1.165) is 31.3 Å². The lowest BCUT2D eigenvalue weighted by molar-refractivity contribution is 0.279. The van der Waals surface area contributed by atoms with Gasteiger partial charge in [-0.15, -0.1) is 0 Å². The molecule has 0 aliphatic carbocycles. The molecule has 6 nitrogen and oxygen atoms in total. The van der Waals surface area contributed by atoms with Gasteiger partial charge in [-0.25, -0.2) is 9.97 Å². The molecule has 132 valence electrons. The highest BCUT2D eigenvalue weighted by atomic mass is 16.5. The Kier molecular flexibility index (Phi) is 4.21. The van der Waals surface area contributed by atoms with Gasteiger partial charge in [0.2, 0.25) is 5.95 Å². The molecule has 3 heterocycles. The van der Waals surface area contributed by atoms with Crippen LogP contribution in [0.1, 0.15) is 11.6 Å². The van der Waals surface area contributed by atoms with Crippen molar-refractivity contribution in [2.45, 2.75) is 6.04 Å². The Morgan fingerprint density at radius 3 is 2.24 bits per heavy atom. The molecule has 0 radical (unpaired) electrons. The maximum absolute atomic E-state index is 5.29. The van der Waals surface area contributed by atoms with Crippen molar-refractivity contribution in [3.05, 3.63) is 42.2 Å². The molecule has 2 aliphatic rings. The van der Waals surface area contributed by atoms with Gasteiger partial charge in [0.1, 0.15) is 5.75 Å². The number of hydrogen-bond acceptors (Lipinski definition) is 6. The number of ether oxygens (including phenoxy) is 2. The Balaban J connectivity index is 1.53. The van der Waals surface area contributed by atoms with Crippen LogP contribution in [0.5, 0.6) is 11.5 Å². The lowest BCUT2D eigenvalue weighted by Crippen LogP contribution is -2.29. The first kappa shape index (κ1) is 16.1. The molecule has 0 saturated carbocycles. The van der Waals surface area contributed by atoms with Crippen LogP contribution in [0.15, 0.2) is 36.7 Å². The molecule has 0 bridgehead atoms. The van der Waals surface area contributed by atoms with Crippen LogP contribution in [-0.2, 0) is 0 Å². The molecule has 25 heavy (non-hydrogen) atoms. The number of anilines is 1. The van der Waals surface area contributed by atoms with Gasteiger partial charge in [0, 0.05) is 31.6 Å². The number of likely N-dealkylation sites (tertiary alicyclic amines) is 1. The van der Waals surface area contributed by atoms with Gasteiger partial charge in [-0.1, -0.05) is 12.1 Å². The fraction of sp³-hybridized carbons (Fsp3) is 0.474. The molecule has 4 rings (SSSR count). The van der Waals surface area contributed by atoms with Crippen LogP contribution >= 0.6 is 0 Å². The van der Waals surface area contributed by atoms with E-state index >= 15 is 0 Å². The minimum atomic E-state index is 0.430. The van der Waals surface area contributed by atoms with Crippen molar-refractivity contribution in [3.63, 3.8) is 0 Å². The predicted octanol–water partition coefficient (Wildman–Crippen LogP) is 2.23. The Morgan fingerprint density at radius 2 is 1.60 bits per heavy atom. The van der Waals surface area contributed by atoms with E-state index in [1.165, 1.54) is 5.56 Å². The Hall–Kier alpha value is -2.34. The summed E-state index contributed by atoms with van der Waals surface area (Å²) in [5.41, 5.74) is 1.35. The molecule has 1 aromatic heterocycles. The first-order chi connectivity index (χ1) is 12.2. The fourth-order valence-electron chi connectivity index (χ4n) is 4.30. The predicted molar refractivity (Wildman–Crippen MR) is 96.1 cm³/mol. The van der Waals surface area contributed by atoms with Crippen LogP contribution in [0.2, 0.25) is 0 Å². The Labute approximate surface area is 148 Å². The summed E-state index contributed by atoms with van der Waals surface area (Å²) in [6.07, 6.45) is 3.48. The number of aromatic nitrogens is 2. The summed E-state index contributed by atoms with van der Waals surface area (Å²) in [6, 6.07) is 8.91. The fourth-order valence-corrected chi connectivity index (χ4v) is 4.30. The molecule has 2 aromatic rings. The Morgan fingerprint density at radius 1 is 0.920 bits per heavy atom. The quantitative estimate of drug-likeness (QED) is 0.851. The van der Waals surface area contributed by atoms with E-state index in [1.54, 1.807) is 26.6 Å². The van der Waals surface area contributed by atoms with Crippen LogP contribution < -0.4 is 14.4 Å². The van der Waals surface area contributed by atoms with Crippen molar-refractivity contribution in [2.24, 2.45) is 11.8 Å². The van der Waals surface area contributed by atoms with E-state index in [4.69, 9.17) is 9.47 Å². The molecule has 0 spiro atoms. The van der Waals surface area contributed by atoms with Gasteiger partial charge in [-0.05, 0) is 30.7 Å². The largest absolute Gasteiger partial charge is 0.497 e. The standard InChI is InChI=1S/C19H24N4O2/c1-22-10-14-11-23(19-20-8-16(25-3)9-21-19)12-17(14)18(22)13-4-6-15(24-2)7-5-13/h4-9,14,17-18H,10-12H2,1-3H3/t14-,17+,18-/m0/s1. The number of rotatable bonds is 4. The van der Waals surface area contributed by atoms with Crippen LogP contribution in [0.3, 0.4) is 0 Å². The molecule has 2 saturated heterocycles. The monoisotopic (exact) mass is 340 g/mol. The third kappa shape index (κ3) is 2.91. The van der Waals surface area contributed by atoms with Gasteiger partial charge in [-0.2, -0.15) is 0 Å². The summed E-state index contributed by atoms with van der Waals surface area (Å²) >= 11 is 0. The molecule has 0 N–H and O–H groups in total. The highest BCUT2D eigenvalue weighted by Crippen LogP contribution is 2.44. The SMILES string of the molecule is COc1ccc([C@H]2[C@@H]3CN(c4ncc(OC)cn4)C[C@@H]3CN2C)cc1. The first-order valence-electron chi connectivity index (χ1n) is 8.64. The van der Waals surface area contributed by atoms with Crippen LogP contribution in [0, 0.1) is 11.8 Å². The minimum Gasteiger partial charge on any atom is -0.497 e. The molecule has 0 unspecified atom stereocenters. The number of benzene rings is 1. The van der Waals surface area contributed by atoms with Gasteiger partial charge in [-0.3, -0.25) is 4.90 Å². The van der Waals surface area contributed by atoms with Crippen molar-refractivity contribution < 1.29 is 9.47 Å². The minimum absolute atomic E-state index is 0.430. The highest BCUT2D eigenvalue weighted by molar-refractivity contribution is 5.37. The van der Waals surface area contributed by atoms with E-state index < -0.39 is 0 Å². The van der Waals surface area contributed by atoms with Crippen molar-refractivity contribution in [3.8, 4) is 11.5 Å². The maximum atomic E-state index is 5.29. The average molecular weight is 340 g/mol. The number of hydrogen-bond donors (Lipinski definition) is 0. The van der Waals surface area contributed by atoms with Gasteiger partial charge in [0.25, 0.3) is 0 Å². The zero-order valence-corrected chi connectivity index (χ0v) is 14.9. The van der Waals surface area contributed by atoms with E-state index in [2.05, 4.69) is 51.1 Å². The maximum Gasteiger partial charge on any atom is 0.225 e. The van der Waals surface area contributed by atoms with Crippen LogP contribution in [0.25, 0.3) is 0 Å². The summed E-state index contributed by atoms with van der Waals surface area (Å²) < 4.78 is 10.4. The first-order valence-corrected chi connectivity index (χ1v) is 8.64. The molecule has 2 aliphatic heterocycles. The molecule has 6 heteroatoms. The summed E-state index contributed by atoms with van der Waals surface area (Å²) in [5.74, 6) is 3.62. The molecule has 1 aromatic carbocycles. The van der Waals surface area contributed by atoms with Crippen LogP contribution in [0.4, 0.5) is 5.95 Å². The third-order valence-electron chi connectivity index (χ3n) is 5.48. The Bertz CT molecular complexity index is 719. The van der Waals surface area contributed by atoms with Gasteiger partial charge < -0.3 is 14.4 Å². The van der Waals surface area contributed by atoms with Crippen molar-refractivity contribution in [1.82, 2.24) is 14.9 Å². The second kappa shape index (κ2) is 6.52. The second-order valence-electron chi connectivity index (χ2n) is 6.91. The number of fused-ring (bicyclic) bond motifs is 1. The van der Waals surface area contributed by atoms with Crippen molar-refractivity contribution >= 4 is 5.95 Å². The molecular weight excluding hydrogens is 316 g/mol. The van der Waals surface area contributed by atoms with Gasteiger partial charge >= 0.3 is 0 Å². The average Bonchev–Trinajstić information content (AvgIpc) is 3.18. The van der Waals surface area contributed by atoms with E-state index in [1.807, 2.05) is 0 Å². The molecule has 2 fully saturated rings. The molecule has 3 atom stereocenters. The normalized spacial score (nSPS) is 25.9. The summed E-state index contributed by atoms with van der Waals surface area (Å²) in [5, 5.41) is 0. The lowest BCUT2D eigenvalue weighted by atomic mass is 9.89.